The lowest BCUT2D eigenvalue weighted by Crippen LogP contribution is -2.55. The van der Waals surface area contributed by atoms with Crippen molar-refractivity contribution >= 4 is 11.6 Å². The van der Waals surface area contributed by atoms with Gasteiger partial charge < -0.3 is 4.52 Å². The van der Waals surface area contributed by atoms with Crippen LogP contribution >= 0.6 is 11.6 Å². The van der Waals surface area contributed by atoms with Crippen molar-refractivity contribution in [1.29, 1.82) is 5.26 Å². The van der Waals surface area contributed by atoms with Crippen molar-refractivity contribution in [2.75, 3.05) is 13.1 Å². The fraction of sp³-hybridized carbons (Fsp3) is 0.345. The van der Waals surface area contributed by atoms with E-state index in [1.165, 1.54) is 26.3 Å². The maximum Gasteiger partial charge on any atom is 0.214 e. The molecule has 0 bridgehead atoms. The lowest BCUT2D eigenvalue weighted by atomic mass is 9.70. The van der Waals surface area contributed by atoms with E-state index in [0.717, 1.165) is 16.7 Å². The molecule has 1 aliphatic heterocycles. The van der Waals surface area contributed by atoms with E-state index in [2.05, 4.69) is 21.1 Å². The van der Waals surface area contributed by atoms with Gasteiger partial charge in [0.15, 0.2) is 0 Å². The number of rotatable bonds is 7. The van der Waals surface area contributed by atoms with Gasteiger partial charge in [-0.2, -0.15) is 10.2 Å². The van der Waals surface area contributed by atoms with Gasteiger partial charge >= 0.3 is 0 Å². The molecule has 0 spiro atoms. The van der Waals surface area contributed by atoms with Crippen LogP contribution in [0.3, 0.4) is 0 Å². The van der Waals surface area contributed by atoms with Crippen LogP contribution in [0.2, 0.25) is 5.02 Å². The van der Waals surface area contributed by atoms with Crippen LogP contribution in [0.1, 0.15) is 37.4 Å². The topological polar surface area (TPSA) is 66.0 Å². The molecule has 1 saturated heterocycles. The third-order valence-corrected chi connectivity index (χ3v) is 7.41. The number of aromatic nitrogens is 2. The fourth-order valence-electron chi connectivity index (χ4n) is 5.66. The van der Waals surface area contributed by atoms with E-state index < -0.39 is 17.8 Å². The smallest absolute Gasteiger partial charge is 0.214 e. The highest BCUT2D eigenvalue weighted by Gasteiger charge is 2.46. The van der Waals surface area contributed by atoms with Gasteiger partial charge in [-0.15, -0.1) is 0 Å². The Bertz CT molecular complexity index is 1350. The summed E-state index contributed by atoms with van der Waals surface area (Å²) in [4.78, 5) is 6.45. The number of nitrogens with zero attached hydrogens (tertiary/aromatic N) is 4. The monoisotopic (exact) mass is 520 g/mol. The molecule has 37 heavy (non-hydrogen) atoms. The van der Waals surface area contributed by atoms with Crippen LogP contribution in [0, 0.1) is 23.2 Å². The first-order valence-corrected chi connectivity index (χ1v) is 12.6. The molecule has 5 nitrogen and oxygen atoms in total. The van der Waals surface area contributed by atoms with Crippen molar-refractivity contribution in [3.05, 3.63) is 94.4 Å². The molecule has 0 amide bonds. The molecule has 1 aromatic heterocycles. The molecule has 1 fully saturated rings. The molecular weight excluding hydrogens is 494 g/mol. The summed E-state index contributed by atoms with van der Waals surface area (Å²) >= 11 is 6.17. The first kappa shape index (κ1) is 25.3. The van der Waals surface area contributed by atoms with Crippen LogP contribution in [-0.4, -0.2) is 40.0 Å². The normalized spacial score (nSPS) is 20.4. The maximum absolute atomic E-state index is 15.6. The predicted octanol–water partition coefficient (Wildman–Crippen LogP) is 6.89. The summed E-state index contributed by atoms with van der Waals surface area (Å²) in [6.07, 6.45) is 3.23. The van der Waals surface area contributed by atoms with Crippen LogP contribution in [0.4, 0.5) is 8.78 Å². The van der Waals surface area contributed by atoms with Crippen molar-refractivity contribution in [1.82, 2.24) is 15.0 Å². The molecule has 3 aromatic rings. The molecule has 0 N–H and O–H groups in total. The summed E-state index contributed by atoms with van der Waals surface area (Å²) in [7, 11) is 0. The summed E-state index contributed by atoms with van der Waals surface area (Å²) in [5.41, 5.74) is 2.27. The van der Waals surface area contributed by atoms with Crippen molar-refractivity contribution in [2.45, 2.75) is 38.2 Å². The molecule has 5 rings (SSSR count). The average Bonchev–Trinajstić information content (AvgIpc) is 3.38. The minimum Gasteiger partial charge on any atom is -0.342 e. The number of nitriles is 1. The Morgan fingerprint density at radius 3 is 2.57 bits per heavy atom. The fourth-order valence-corrected chi connectivity index (χ4v) is 5.79. The summed E-state index contributed by atoms with van der Waals surface area (Å²) in [6, 6.07) is 17.6. The zero-order valence-electron chi connectivity index (χ0n) is 20.6. The van der Waals surface area contributed by atoms with Crippen molar-refractivity contribution in [3.8, 4) is 17.5 Å². The van der Waals surface area contributed by atoms with Crippen molar-refractivity contribution < 1.29 is 13.3 Å². The van der Waals surface area contributed by atoms with Gasteiger partial charge in [-0.05, 0) is 66.8 Å². The second-order valence-electron chi connectivity index (χ2n) is 10.3. The van der Waals surface area contributed by atoms with Crippen LogP contribution in [0.25, 0.3) is 11.4 Å². The Morgan fingerprint density at radius 2 is 1.92 bits per heavy atom. The Hall–Kier alpha value is -3.34. The number of alkyl halides is 2. The highest BCUT2D eigenvalue weighted by atomic mass is 35.5. The molecule has 2 aromatic carbocycles. The van der Waals surface area contributed by atoms with Gasteiger partial charge in [0.1, 0.15) is 11.8 Å². The highest BCUT2D eigenvalue weighted by Crippen LogP contribution is 2.45. The van der Waals surface area contributed by atoms with Crippen LogP contribution in [0.15, 0.2) is 82.7 Å². The molecule has 0 radical (unpaired) electrons. The standard InChI is InChI=1S/C29H27ClF2N4O/c1-29(2,32)26(22-10-18(14-33)11-25(31)13-22)23-15-36(16-23)27(19-6-8-24(30)9-7-19)20-4-3-5-21(12-20)28-34-17-37-35-28/h3-10,12-13,17,23,25-27H,11,15-16H2,1-2H3. The Kier molecular flexibility index (Phi) is 6.98. The number of halogens is 3. The van der Waals surface area contributed by atoms with Crippen molar-refractivity contribution in [2.24, 2.45) is 11.8 Å². The highest BCUT2D eigenvalue weighted by molar-refractivity contribution is 6.30. The number of benzene rings is 2. The van der Waals surface area contributed by atoms with Gasteiger partial charge in [-0.25, -0.2) is 8.78 Å². The molecular formula is C29H27ClF2N4O. The summed E-state index contributed by atoms with van der Waals surface area (Å²) < 4.78 is 34.9. The largest absolute Gasteiger partial charge is 0.342 e. The summed E-state index contributed by atoms with van der Waals surface area (Å²) in [5, 5.41) is 14.0. The quantitative estimate of drug-likeness (QED) is 0.339. The van der Waals surface area contributed by atoms with Crippen molar-refractivity contribution in [3.63, 3.8) is 0 Å². The number of likely N-dealkylation sites (tertiary alicyclic amines) is 1. The molecule has 2 heterocycles. The predicted molar refractivity (Wildman–Crippen MR) is 138 cm³/mol. The SMILES string of the molecule is CC(C)(F)C(C1=CC(F)CC(C#N)=C1)C1CN(C(c2ccc(Cl)cc2)c2cccc(-c3ncon3)c2)C1. The molecule has 3 unspecified atom stereocenters. The lowest BCUT2D eigenvalue weighted by molar-refractivity contribution is -0.00831. The average molecular weight is 521 g/mol. The maximum atomic E-state index is 15.6. The first-order valence-electron chi connectivity index (χ1n) is 12.2. The zero-order chi connectivity index (χ0) is 26.2. The van der Waals surface area contributed by atoms with E-state index in [1.807, 2.05) is 48.5 Å². The van der Waals surface area contributed by atoms with Gasteiger partial charge in [-0.1, -0.05) is 47.1 Å². The molecule has 3 atom stereocenters. The first-order chi connectivity index (χ1) is 17.7. The lowest BCUT2D eigenvalue weighted by Gasteiger charge is -2.50. The van der Waals surface area contributed by atoms with Gasteiger partial charge in [0.25, 0.3) is 0 Å². The Labute approximate surface area is 220 Å². The van der Waals surface area contributed by atoms with E-state index in [4.69, 9.17) is 16.1 Å². The van der Waals surface area contributed by atoms with E-state index in [-0.39, 0.29) is 18.4 Å². The number of hydrogen-bond acceptors (Lipinski definition) is 5. The second kappa shape index (κ2) is 10.2. The zero-order valence-corrected chi connectivity index (χ0v) is 21.4. The number of allylic oxidation sites excluding steroid dienone is 4. The van der Waals surface area contributed by atoms with E-state index in [0.29, 0.717) is 35.1 Å². The minimum absolute atomic E-state index is 0.0390. The van der Waals surface area contributed by atoms with E-state index in [1.54, 1.807) is 6.08 Å². The Morgan fingerprint density at radius 1 is 1.16 bits per heavy atom. The van der Waals surface area contributed by atoms with Gasteiger partial charge in [0, 0.05) is 41.6 Å². The third-order valence-electron chi connectivity index (χ3n) is 7.15. The Balaban J connectivity index is 1.46. The summed E-state index contributed by atoms with van der Waals surface area (Å²) in [5.74, 6) is -0.0624. The van der Waals surface area contributed by atoms with Gasteiger partial charge in [0.2, 0.25) is 12.2 Å². The van der Waals surface area contributed by atoms with E-state index in [9.17, 15) is 9.65 Å². The minimum atomic E-state index is -1.58. The molecule has 0 saturated carbocycles. The van der Waals surface area contributed by atoms with Gasteiger partial charge in [0.05, 0.1) is 12.1 Å². The van der Waals surface area contributed by atoms with Crippen LogP contribution < -0.4 is 0 Å². The second-order valence-corrected chi connectivity index (χ2v) is 10.7. The molecule has 2 aliphatic rings. The summed E-state index contributed by atoms with van der Waals surface area (Å²) in [6.45, 7) is 4.30. The van der Waals surface area contributed by atoms with Crippen LogP contribution in [-0.2, 0) is 0 Å². The van der Waals surface area contributed by atoms with Crippen LogP contribution in [0.5, 0.6) is 0 Å². The number of hydrogen-bond donors (Lipinski definition) is 0. The van der Waals surface area contributed by atoms with E-state index >= 15 is 4.39 Å². The third kappa shape index (κ3) is 5.36. The molecule has 8 heteroatoms. The molecule has 190 valence electrons. The van der Waals surface area contributed by atoms with Gasteiger partial charge in [-0.3, -0.25) is 4.90 Å². The molecule has 1 aliphatic carbocycles.